The summed E-state index contributed by atoms with van der Waals surface area (Å²) in [6.07, 6.45) is 0. The van der Waals surface area contributed by atoms with Crippen molar-refractivity contribution in [3.63, 3.8) is 0 Å². The van der Waals surface area contributed by atoms with Crippen molar-refractivity contribution in [1.82, 2.24) is 0 Å². The summed E-state index contributed by atoms with van der Waals surface area (Å²) in [6.45, 7) is 3.36. The van der Waals surface area contributed by atoms with Gasteiger partial charge in [0.1, 0.15) is 0 Å². The third kappa shape index (κ3) is 3.65. The van der Waals surface area contributed by atoms with E-state index in [0.717, 1.165) is 0 Å². The quantitative estimate of drug-likeness (QED) is 0.582. The molecule has 1 unspecified atom stereocenters. The zero-order valence-corrected chi connectivity index (χ0v) is 6.34. The zero-order chi connectivity index (χ0) is 7.49. The van der Waals surface area contributed by atoms with Crippen molar-refractivity contribution in [1.29, 1.82) is 0 Å². The van der Waals surface area contributed by atoms with Crippen molar-refractivity contribution in [3.05, 3.63) is 0 Å². The molecule has 0 aliphatic heterocycles. The van der Waals surface area contributed by atoms with Crippen LogP contribution in [0.2, 0.25) is 0 Å². The number of rotatable bonds is 3. The van der Waals surface area contributed by atoms with E-state index in [1.165, 1.54) is 6.92 Å². The Morgan fingerprint density at radius 2 is 2.11 bits per heavy atom. The van der Waals surface area contributed by atoms with Gasteiger partial charge in [0.05, 0.1) is 0 Å². The maximum Gasteiger partial charge on any atom is 0.353 e. The Bertz CT molecular complexity index is 118. The van der Waals surface area contributed by atoms with E-state index < -0.39 is 13.4 Å². The Hall–Kier alpha value is 0.110. The minimum atomic E-state index is -4.00. The fraction of sp³-hybridized carbons (Fsp3) is 1.00. The van der Waals surface area contributed by atoms with Crippen molar-refractivity contribution in [2.24, 2.45) is 0 Å². The molecule has 1 atom stereocenters. The van der Waals surface area contributed by atoms with Gasteiger partial charge >= 0.3 is 7.60 Å². The van der Waals surface area contributed by atoms with Gasteiger partial charge in [-0.05, 0) is 13.8 Å². The van der Waals surface area contributed by atoms with Gasteiger partial charge in [-0.2, -0.15) is 0 Å². The molecule has 0 bridgehead atoms. The largest absolute Gasteiger partial charge is 0.366 e. The third-order valence-electron chi connectivity index (χ3n) is 0.882. The van der Waals surface area contributed by atoms with E-state index in [4.69, 9.17) is 9.79 Å². The maximum absolute atomic E-state index is 10.3. The van der Waals surface area contributed by atoms with E-state index in [9.17, 15) is 4.57 Å². The molecule has 0 amide bonds. The molecule has 0 aromatic heterocycles. The van der Waals surface area contributed by atoms with Crippen LogP contribution in [0, 0.1) is 0 Å². The summed E-state index contributed by atoms with van der Waals surface area (Å²) in [5, 5.41) is 0. The lowest BCUT2D eigenvalue weighted by Gasteiger charge is -2.11. The number of ether oxygens (including phenoxy) is 1. The van der Waals surface area contributed by atoms with Crippen LogP contribution in [0.1, 0.15) is 13.8 Å². The maximum atomic E-state index is 10.3. The van der Waals surface area contributed by atoms with Crippen molar-refractivity contribution >= 4 is 7.60 Å². The summed E-state index contributed by atoms with van der Waals surface area (Å²) in [6, 6.07) is 0. The van der Waals surface area contributed by atoms with Crippen molar-refractivity contribution in [2.45, 2.75) is 19.7 Å². The monoisotopic (exact) mass is 154 g/mol. The van der Waals surface area contributed by atoms with E-state index >= 15 is 0 Å². The normalized spacial score (nSPS) is 15.6. The van der Waals surface area contributed by atoms with Gasteiger partial charge in [-0.25, -0.2) is 0 Å². The third-order valence-corrected chi connectivity index (χ3v) is 1.98. The predicted molar refractivity (Wildman–Crippen MR) is 33.1 cm³/mol. The minimum absolute atomic E-state index is 0.326. The molecular weight excluding hydrogens is 143 g/mol. The molecule has 0 saturated heterocycles. The van der Waals surface area contributed by atoms with Gasteiger partial charge in [0.25, 0.3) is 0 Å². The molecule has 0 rings (SSSR count). The molecule has 5 heteroatoms. The first kappa shape index (κ1) is 9.11. The van der Waals surface area contributed by atoms with Crippen LogP contribution in [-0.4, -0.2) is 22.2 Å². The molecule has 0 heterocycles. The van der Waals surface area contributed by atoms with E-state index in [2.05, 4.69) is 4.74 Å². The van der Waals surface area contributed by atoms with Crippen LogP contribution >= 0.6 is 7.60 Å². The van der Waals surface area contributed by atoms with Gasteiger partial charge in [-0.15, -0.1) is 0 Å². The average molecular weight is 154 g/mol. The molecule has 0 aromatic rings. The van der Waals surface area contributed by atoms with Gasteiger partial charge in [-0.1, -0.05) is 0 Å². The molecule has 0 aromatic carbocycles. The molecule has 2 N–H and O–H groups in total. The Morgan fingerprint density at radius 1 is 1.67 bits per heavy atom. The van der Waals surface area contributed by atoms with Crippen LogP contribution in [0.3, 0.4) is 0 Å². The Balaban J connectivity index is 3.74. The fourth-order valence-electron chi connectivity index (χ4n) is 0.338. The molecule has 56 valence electrons. The van der Waals surface area contributed by atoms with Crippen LogP contribution in [0.4, 0.5) is 0 Å². The Kier molecular flexibility index (Phi) is 3.36. The molecule has 0 aliphatic carbocycles. The van der Waals surface area contributed by atoms with Crippen molar-refractivity contribution < 1.29 is 19.1 Å². The zero-order valence-electron chi connectivity index (χ0n) is 5.44. The number of hydrogen-bond acceptors (Lipinski definition) is 2. The minimum Gasteiger partial charge on any atom is -0.366 e. The molecule has 4 nitrogen and oxygen atoms in total. The first-order chi connectivity index (χ1) is 3.98. The number of hydrogen-bond donors (Lipinski definition) is 2. The molecule has 0 aliphatic rings. The van der Waals surface area contributed by atoms with Crippen molar-refractivity contribution in [3.8, 4) is 0 Å². The van der Waals surface area contributed by atoms with E-state index in [0.29, 0.717) is 6.61 Å². The smallest absolute Gasteiger partial charge is 0.353 e. The highest BCUT2D eigenvalue weighted by Crippen LogP contribution is 2.41. The van der Waals surface area contributed by atoms with Gasteiger partial charge in [0.2, 0.25) is 0 Å². The van der Waals surface area contributed by atoms with Gasteiger partial charge in [0, 0.05) is 6.61 Å². The van der Waals surface area contributed by atoms with Crippen LogP contribution < -0.4 is 0 Å². The summed E-state index contributed by atoms with van der Waals surface area (Å²) in [4.78, 5) is 16.8. The predicted octanol–water partition coefficient (Wildman–Crippen LogP) is 0.547. The molecule has 9 heavy (non-hydrogen) atoms. The fourth-order valence-corrected chi connectivity index (χ4v) is 0.682. The SMILES string of the molecule is CCOC(C)P(=O)(O)O. The summed E-state index contributed by atoms with van der Waals surface area (Å²) in [5.74, 6) is -0.970. The molecular formula is C4H11O4P. The second-order valence-corrected chi connectivity index (χ2v) is 3.55. The second kappa shape index (κ2) is 3.32. The first-order valence-corrected chi connectivity index (χ1v) is 4.33. The highest BCUT2D eigenvalue weighted by molar-refractivity contribution is 7.52. The van der Waals surface area contributed by atoms with Gasteiger partial charge < -0.3 is 14.5 Å². The summed E-state index contributed by atoms with van der Waals surface area (Å²) in [5.41, 5.74) is 0. The second-order valence-electron chi connectivity index (χ2n) is 1.64. The van der Waals surface area contributed by atoms with Gasteiger partial charge in [0.15, 0.2) is 5.85 Å². The lowest BCUT2D eigenvalue weighted by Crippen LogP contribution is -2.07. The van der Waals surface area contributed by atoms with E-state index in [1.54, 1.807) is 6.92 Å². The molecule has 0 radical (unpaired) electrons. The standard InChI is InChI=1S/C4H11O4P/c1-3-8-4(2)9(5,6)7/h4H,3H2,1-2H3,(H2,5,6,7). The van der Waals surface area contributed by atoms with Crippen LogP contribution in [0.25, 0.3) is 0 Å². The molecule has 0 saturated carbocycles. The Labute approximate surface area is 54.0 Å². The summed E-state index contributed by atoms with van der Waals surface area (Å²) >= 11 is 0. The summed E-state index contributed by atoms with van der Waals surface area (Å²) < 4.78 is 14.9. The van der Waals surface area contributed by atoms with Crippen LogP contribution in [-0.2, 0) is 9.30 Å². The topological polar surface area (TPSA) is 66.8 Å². The summed E-state index contributed by atoms with van der Waals surface area (Å²) in [7, 11) is -4.00. The average Bonchev–Trinajstić information content (AvgIpc) is 1.64. The Morgan fingerprint density at radius 3 is 2.22 bits per heavy atom. The molecule has 0 fully saturated rings. The van der Waals surface area contributed by atoms with Crippen LogP contribution in [0.15, 0.2) is 0 Å². The highest BCUT2D eigenvalue weighted by Gasteiger charge is 2.23. The van der Waals surface area contributed by atoms with Crippen molar-refractivity contribution in [2.75, 3.05) is 6.61 Å². The first-order valence-electron chi connectivity index (χ1n) is 2.65. The van der Waals surface area contributed by atoms with E-state index in [1.807, 2.05) is 0 Å². The lowest BCUT2D eigenvalue weighted by molar-refractivity contribution is 0.108. The lowest BCUT2D eigenvalue weighted by atomic mass is 10.8. The van der Waals surface area contributed by atoms with Crippen LogP contribution in [0.5, 0.6) is 0 Å². The molecule has 0 spiro atoms. The highest BCUT2D eigenvalue weighted by atomic mass is 31.2. The van der Waals surface area contributed by atoms with Gasteiger partial charge in [-0.3, -0.25) is 4.57 Å². The van der Waals surface area contributed by atoms with E-state index in [-0.39, 0.29) is 0 Å².